The average Bonchev–Trinajstić information content (AvgIpc) is 2.72. The number of rotatable bonds is 5. The molecule has 2 aromatic heterocycles. The standard InChI is InChI=1S/C12H16FN5O/c1-8-9(2)18(7-16-8)5-4-14-12-15-6-10(13)11(17-12)19-3/h6-7H,4-5H2,1-3H3,(H,14,15,17). The molecule has 19 heavy (non-hydrogen) atoms. The van der Waals surface area contributed by atoms with Gasteiger partial charge in [0.25, 0.3) is 5.88 Å². The summed E-state index contributed by atoms with van der Waals surface area (Å²) >= 11 is 0. The van der Waals surface area contributed by atoms with Crippen molar-refractivity contribution in [2.45, 2.75) is 20.4 Å². The number of nitrogens with one attached hydrogen (secondary N) is 1. The van der Waals surface area contributed by atoms with Gasteiger partial charge in [-0.15, -0.1) is 0 Å². The molecule has 0 spiro atoms. The predicted octanol–water partition coefficient (Wildman–Crippen LogP) is 1.55. The van der Waals surface area contributed by atoms with Crippen molar-refractivity contribution in [2.75, 3.05) is 19.0 Å². The van der Waals surface area contributed by atoms with Gasteiger partial charge in [0.15, 0.2) is 0 Å². The van der Waals surface area contributed by atoms with Crippen LogP contribution in [0.25, 0.3) is 0 Å². The third-order valence-electron chi connectivity index (χ3n) is 2.89. The lowest BCUT2D eigenvalue weighted by molar-refractivity contribution is 0.367. The minimum atomic E-state index is -0.575. The maximum absolute atomic E-state index is 13.1. The fraction of sp³-hybridized carbons (Fsp3) is 0.417. The molecule has 0 amide bonds. The second-order valence-electron chi connectivity index (χ2n) is 4.09. The van der Waals surface area contributed by atoms with Crippen LogP contribution in [-0.2, 0) is 6.54 Å². The van der Waals surface area contributed by atoms with Gasteiger partial charge in [0, 0.05) is 18.8 Å². The van der Waals surface area contributed by atoms with Gasteiger partial charge in [0.2, 0.25) is 11.8 Å². The monoisotopic (exact) mass is 265 g/mol. The zero-order chi connectivity index (χ0) is 13.8. The number of imidazole rings is 1. The minimum absolute atomic E-state index is 0.0628. The molecule has 0 atom stereocenters. The summed E-state index contributed by atoms with van der Waals surface area (Å²) in [4.78, 5) is 12.0. The third kappa shape index (κ3) is 2.98. The number of anilines is 1. The summed E-state index contributed by atoms with van der Waals surface area (Å²) in [7, 11) is 1.37. The number of nitrogens with zero attached hydrogens (tertiary/aromatic N) is 4. The lowest BCUT2D eigenvalue weighted by Crippen LogP contribution is -2.13. The summed E-state index contributed by atoms with van der Waals surface area (Å²) in [6, 6.07) is 0. The van der Waals surface area contributed by atoms with E-state index in [1.807, 2.05) is 18.4 Å². The van der Waals surface area contributed by atoms with Gasteiger partial charge >= 0.3 is 0 Å². The molecular weight excluding hydrogens is 249 g/mol. The zero-order valence-electron chi connectivity index (χ0n) is 11.1. The highest BCUT2D eigenvalue weighted by atomic mass is 19.1. The number of hydrogen-bond acceptors (Lipinski definition) is 5. The van der Waals surface area contributed by atoms with E-state index >= 15 is 0 Å². The summed E-state index contributed by atoms with van der Waals surface area (Å²) < 4.78 is 19.9. The summed E-state index contributed by atoms with van der Waals surface area (Å²) in [6.45, 7) is 5.33. The molecule has 0 aliphatic carbocycles. The highest BCUT2D eigenvalue weighted by Crippen LogP contribution is 2.13. The molecule has 2 aromatic rings. The number of ether oxygens (including phenoxy) is 1. The molecule has 2 heterocycles. The Morgan fingerprint density at radius 3 is 2.79 bits per heavy atom. The van der Waals surface area contributed by atoms with E-state index in [0.717, 1.165) is 24.1 Å². The Morgan fingerprint density at radius 2 is 2.16 bits per heavy atom. The maximum Gasteiger partial charge on any atom is 0.255 e. The van der Waals surface area contributed by atoms with E-state index in [9.17, 15) is 4.39 Å². The molecule has 0 bridgehead atoms. The van der Waals surface area contributed by atoms with Crippen LogP contribution in [0, 0.1) is 19.7 Å². The fourth-order valence-corrected chi connectivity index (χ4v) is 1.64. The van der Waals surface area contributed by atoms with Crippen molar-refractivity contribution in [3.63, 3.8) is 0 Å². The van der Waals surface area contributed by atoms with Crippen LogP contribution in [-0.4, -0.2) is 33.2 Å². The first-order valence-electron chi connectivity index (χ1n) is 5.90. The molecule has 1 N–H and O–H groups in total. The van der Waals surface area contributed by atoms with E-state index in [1.54, 1.807) is 6.33 Å². The highest BCUT2D eigenvalue weighted by Gasteiger charge is 2.06. The summed E-state index contributed by atoms with van der Waals surface area (Å²) in [6.07, 6.45) is 2.87. The molecular formula is C12H16FN5O. The van der Waals surface area contributed by atoms with Crippen LogP contribution in [0.5, 0.6) is 5.88 Å². The van der Waals surface area contributed by atoms with Crippen LogP contribution < -0.4 is 10.1 Å². The first kappa shape index (κ1) is 13.3. The second kappa shape index (κ2) is 5.64. The molecule has 7 heteroatoms. The van der Waals surface area contributed by atoms with Gasteiger partial charge in [-0.25, -0.2) is 9.97 Å². The number of methoxy groups -OCH3 is 1. The average molecular weight is 265 g/mol. The van der Waals surface area contributed by atoms with Crippen molar-refractivity contribution in [3.8, 4) is 5.88 Å². The van der Waals surface area contributed by atoms with E-state index < -0.39 is 5.82 Å². The van der Waals surface area contributed by atoms with E-state index in [4.69, 9.17) is 4.74 Å². The first-order valence-corrected chi connectivity index (χ1v) is 5.90. The smallest absolute Gasteiger partial charge is 0.255 e. The van der Waals surface area contributed by atoms with Crippen molar-refractivity contribution < 1.29 is 9.13 Å². The summed E-state index contributed by atoms with van der Waals surface area (Å²) in [5.74, 6) is -0.297. The Bertz CT molecular complexity index is 569. The first-order chi connectivity index (χ1) is 9.11. The summed E-state index contributed by atoms with van der Waals surface area (Å²) in [5.41, 5.74) is 2.14. The van der Waals surface area contributed by atoms with E-state index in [2.05, 4.69) is 20.3 Å². The van der Waals surface area contributed by atoms with Gasteiger partial charge in [0.05, 0.1) is 25.3 Å². The van der Waals surface area contributed by atoms with Gasteiger partial charge in [-0.2, -0.15) is 9.37 Å². The minimum Gasteiger partial charge on any atom is -0.479 e. The molecule has 0 unspecified atom stereocenters. The van der Waals surface area contributed by atoms with Crippen LogP contribution in [0.1, 0.15) is 11.4 Å². The Labute approximate surface area is 110 Å². The molecule has 102 valence electrons. The molecule has 0 saturated carbocycles. The van der Waals surface area contributed by atoms with Crippen molar-refractivity contribution in [1.29, 1.82) is 0 Å². The van der Waals surface area contributed by atoms with E-state index in [-0.39, 0.29) is 5.88 Å². The Morgan fingerprint density at radius 1 is 1.37 bits per heavy atom. The lowest BCUT2D eigenvalue weighted by atomic mass is 10.4. The van der Waals surface area contributed by atoms with Crippen LogP contribution >= 0.6 is 0 Å². The zero-order valence-corrected chi connectivity index (χ0v) is 11.1. The van der Waals surface area contributed by atoms with Crippen molar-refractivity contribution in [1.82, 2.24) is 19.5 Å². The predicted molar refractivity (Wildman–Crippen MR) is 68.7 cm³/mol. The third-order valence-corrected chi connectivity index (χ3v) is 2.89. The topological polar surface area (TPSA) is 64.9 Å². The van der Waals surface area contributed by atoms with Crippen LogP contribution in [0.3, 0.4) is 0 Å². The van der Waals surface area contributed by atoms with Gasteiger partial charge in [-0.1, -0.05) is 0 Å². The Balaban J connectivity index is 1.94. The summed E-state index contributed by atoms with van der Waals surface area (Å²) in [5, 5.41) is 3.01. The van der Waals surface area contributed by atoms with E-state index in [1.165, 1.54) is 7.11 Å². The second-order valence-corrected chi connectivity index (χ2v) is 4.09. The normalized spacial score (nSPS) is 10.5. The molecule has 0 fully saturated rings. The molecule has 0 aliphatic heterocycles. The molecule has 6 nitrogen and oxygen atoms in total. The van der Waals surface area contributed by atoms with Crippen molar-refractivity contribution >= 4 is 5.95 Å². The van der Waals surface area contributed by atoms with Gasteiger partial charge < -0.3 is 14.6 Å². The van der Waals surface area contributed by atoms with Crippen molar-refractivity contribution in [2.24, 2.45) is 0 Å². The number of aryl methyl sites for hydroxylation is 1. The molecule has 0 aromatic carbocycles. The van der Waals surface area contributed by atoms with Gasteiger partial charge in [-0.05, 0) is 13.8 Å². The lowest BCUT2D eigenvalue weighted by Gasteiger charge is -2.08. The van der Waals surface area contributed by atoms with Crippen LogP contribution in [0.2, 0.25) is 0 Å². The quantitative estimate of drug-likeness (QED) is 0.888. The van der Waals surface area contributed by atoms with Crippen molar-refractivity contribution in [3.05, 3.63) is 29.7 Å². The molecule has 0 aliphatic rings. The van der Waals surface area contributed by atoms with Crippen LogP contribution in [0.4, 0.5) is 10.3 Å². The maximum atomic E-state index is 13.1. The number of aromatic nitrogens is 4. The Hall–Kier alpha value is -2.18. The number of hydrogen-bond donors (Lipinski definition) is 1. The van der Waals surface area contributed by atoms with Crippen LogP contribution in [0.15, 0.2) is 12.5 Å². The fourth-order valence-electron chi connectivity index (χ4n) is 1.64. The Kier molecular flexibility index (Phi) is 3.94. The largest absolute Gasteiger partial charge is 0.479 e. The molecule has 0 saturated heterocycles. The van der Waals surface area contributed by atoms with Gasteiger partial charge in [0.1, 0.15) is 0 Å². The molecule has 2 rings (SSSR count). The highest BCUT2D eigenvalue weighted by molar-refractivity contribution is 5.28. The van der Waals surface area contributed by atoms with Gasteiger partial charge in [-0.3, -0.25) is 0 Å². The van der Waals surface area contributed by atoms with E-state index in [0.29, 0.717) is 12.5 Å². The number of halogens is 1. The molecule has 0 radical (unpaired) electrons. The SMILES string of the molecule is COc1nc(NCCn2cnc(C)c2C)ncc1F.